The first-order valence-electron chi connectivity index (χ1n) is 7.59. The number of carbonyl (C=O) groups excluding carboxylic acids is 2. The number of nitrogens with zero attached hydrogens (tertiary/aromatic N) is 2. The molecule has 0 bridgehead atoms. The van der Waals surface area contributed by atoms with Gasteiger partial charge in [-0.1, -0.05) is 12.1 Å². The van der Waals surface area contributed by atoms with E-state index < -0.39 is 34.0 Å². The van der Waals surface area contributed by atoms with E-state index in [1.54, 1.807) is 18.1 Å². The van der Waals surface area contributed by atoms with Crippen LogP contribution in [-0.2, 0) is 26.2 Å². The standard InChI is InChI=1S/C15H21N5O5S/c1-19-6-7-20(10-19)26(24,25)18-15(14(17)23,9-13(16)22)8-11-2-4-12(21)5-3-11/h2-7,18,21H,8-10H2,1H3,(H2,16,22)(H2,17,23)/t15-/m1/s1. The molecule has 1 atom stereocenters. The van der Waals surface area contributed by atoms with Gasteiger partial charge in [0.2, 0.25) is 11.8 Å². The summed E-state index contributed by atoms with van der Waals surface area (Å²) in [6, 6.07) is 5.73. The molecule has 10 nitrogen and oxygen atoms in total. The summed E-state index contributed by atoms with van der Waals surface area (Å²) in [7, 11) is -2.50. The van der Waals surface area contributed by atoms with Crippen molar-refractivity contribution in [2.45, 2.75) is 18.4 Å². The number of primary amides is 2. The van der Waals surface area contributed by atoms with E-state index in [-0.39, 0.29) is 18.8 Å². The Kier molecular flexibility index (Phi) is 5.42. The Morgan fingerprint density at radius 2 is 1.85 bits per heavy atom. The zero-order chi connectivity index (χ0) is 19.5. The molecule has 26 heavy (non-hydrogen) atoms. The Labute approximate surface area is 151 Å². The van der Waals surface area contributed by atoms with Gasteiger partial charge in [-0.25, -0.2) is 4.31 Å². The van der Waals surface area contributed by atoms with Crippen LogP contribution in [0.5, 0.6) is 5.75 Å². The maximum absolute atomic E-state index is 12.7. The minimum Gasteiger partial charge on any atom is -0.508 e. The quantitative estimate of drug-likeness (QED) is 0.429. The number of carbonyl (C=O) groups is 2. The second-order valence-electron chi connectivity index (χ2n) is 6.12. The van der Waals surface area contributed by atoms with E-state index in [4.69, 9.17) is 11.5 Å². The van der Waals surface area contributed by atoms with Gasteiger partial charge in [0.25, 0.3) is 0 Å². The van der Waals surface area contributed by atoms with Crippen LogP contribution in [0.1, 0.15) is 12.0 Å². The van der Waals surface area contributed by atoms with Gasteiger partial charge in [0.15, 0.2) is 0 Å². The fraction of sp³-hybridized carbons (Fsp3) is 0.333. The largest absolute Gasteiger partial charge is 0.508 e. The van der Waals surface area contributed by atoms with Crippen molar-refractivity contribution in [2.24, 2.45) is 11.5 Å². The number of rotatable bonds is 8. The summed E-state index contributed by atoms with van der Waals surface area (Å²) in [5, 5.41) is 9.37. The first-order valence-corrected chi connectivity index (χ1v) is 9.03. The number of hydrogen-bond acceptors (Lipinski definition) is 6. The lowest BCUT2D eigenvalue weighted by Gasteiger charge is -2.32. The van der Waals surface area contributed by atoms with Crippen LogP contribution in [0.25, 0.3) is 0 Å². The number of hydrogen-bond donors (Lipinski definition) is 4. The van der Waals surface area contributed by atoms with Gasteiger partial charge < -0.3 is 21.5 Å². The van der Waals surface area contributed by atoms with Crippen molar-refractivity contribution in [3.8, 4) is 5.75 Å². The number of benzene rings is 1. The maximum atomic E-state index is 12.7. The summed E-state index contributed by atoms with van der Waals surface area (Å²) >= 11 is 0. The Morgan fingerprint density at radius 3 is 2.31 bits per heavy atom. The molecule has 1 aromatic carbocycles. The average Bonchev–Trinajstić information content (AvgIpc) is 2.96. The summed E-state index contributed by atoms with van der Waals surface area (Å²) in [5.41, 5.74) is 9.23. The molecule has 2 rings (SSSR count). The van der Waals surface area contributed by atoms with Crippen molar-refractivity contribution in [3.05, 3.63) is 42.2 Å². The van der Waals surface area contributed by atoms with E-state index in [0.717, 1.165) is 4.31 Å². The summed E-state index contributed by atoms with van der Waals surface area (Å²) in [6.07, 6.45) is 2.03. The fourth-order valence-electron chi connectivity index (χ4n) is 2.58. The highest BCUT2D eigenvalue weighted by atomic mass is 32.2. The number of amides is 2. The number of aromatic hydroxyl groups is 1. The molecular weight excluding hydrogens is 362 g/mol. The summed E-state index contributed by atoms with van der Waals surface area (Å²) in [5.74, 6) is -1.93. The van der Waals surface area contributed by atoms with Gasteiger partial charge in [-0.05, 0) is 17.7 Å². The van der Waals surface area contributed by atoms with Crippen LogP contribution >= 0.6 is 0 Å². The molecular formula is C15H21N5O5S. The maximum Gasteiger partial charge on any atom is 0.303 e. The number of phenolic OH excluding ortho intramolecular Hbond substituents is 1. The predicted molar refractivity (Wildman–Crippen MR) is 93.2 cm³/mol. The number of nitrogens with two attached hydrogens (primary N) is 2. The molecule has 0 spiro atoms. The van der Waals surface area contributed by atoms with E-state index in [2.05, 4.69) is 4.72 Å². The highest BCUT2D eigenvalue weighted by Gasteiger charge is 2.43. The van der Waals surface area contributed by atoms with E-state index in [9.17, 15) is 23.1 Å². The van der Waals surface area contributed by atoms with E-state index in [0.29, 0.717) is 5.56 Å². The van der Waals surface area contributed by atoms with Crippen molar-refractivity contribution in [3.63, 3.8) is 0 Å². The van der Waals surface area contributed by atoms with Crippen LogP contribution in [0.3, 0.4) is 0 Å². The van der Waals surface area contributed by atoms with Crippen LogP contribution in [0.15, 0.2) is 36.7 Å². The number of nitrogens with one attached hydrogen (secondary N) is 1. The third-order valence-corrected chi connectivity index (χ3v) is 5.38. The molecule has 2 amide bonds. The zero-order valence-electron chi connectivity index (χ0n) is 14.1. The van der Waals surface area contributed by atoms with Gasteiger partial charge in [-0.3, -0.25) is 9.59 Å². The molecule has 0 fully saturated rings. The van der Waals surface area contributed by atoms with Crippen LogP contribution < -0.4 is 16.2 Å². The molecule has 1 aliphatic rings. The second kappa shape index (κ2) is 7.22. The Balaban J connectivity index is 2.38. The molecule has 0 saturated heterocycles. The molecule has 0 unspecified atom stereocenters. The average molecular weight is 383 g/mol. The Bertz CT molecular complexity index is 823. The van der Waals surface area contributed by atoms with Crippen LogP contribution in [0, 0.1) is 0 Å². The molecule has 142 valence electrons. The van der Waals surface area contributed by atoms with Crippen LogP contribution in [0.2, 0.25) is 0 Å². The van der Waals surface area contributed by atoms with Crippen LogP contribution in [0.4, 0.5) is 0 Å². The number of phenols is 1. The SMILES string of the molecule is CN1C=CN(S(=O)(=O)N[C@@](CC(N)=O)(Cc2ccc(O)cc2)C(N)=O)C1. The third kappa shape index (κ3) is 4.43. The first kappa shape index (κ1) is 19.5. The molecule has 0 radical (unpaired) electrons. The fourth-order valence-corrected chi connectivity index (χ4v) is 3.99. The highest BCUT2D eigenvalue weighted by Crippen LogP contribution is 2.22. The van der Waals surface area contributed by atoms with Gasteiger partial charge in [0.1, 0.15) is 18.0 Å². The predicted octanol–water partition coefficient (Wildman–Crippen LogP) is -1.46. The van der Waals surface area contributed by atoms with Gasteiger partial charge >= 0.3 is 10.2 Å². The van der Waals surface area contributed by atoms with Crippen molar-refractivity contribution >= 4 is 22.0 Å². The zero-order valence-corrected chi connectivity index (χ0v) is 14.9. The van der Waals surface area contributed by atoms with Gasteiger partial charge in [-0.15, -0.1) is 0 Å². The summed E-state index contributed by atoms with van der Waals surface area (Å²) in [6.45, 7) is 0.0416. The minimum absolute atomic E-state index is 0.000789. The lowest BCUT2D eigenvalue weighted by atomic mass is 9.87. The van der Waals surface area contributed by atoms with E-state index in [1.165, 1.54) is 30.5 Å². The summed E-state index contributed by atoms with van der Waals surface area (Å²) in [4.78, 5) is 25.3. The molecule has 0 saturated carbocycles. The molecule has 0 aromatic heterocycles. The van der Waals surface area contributed by atoms with Crippen molar-refractivity contribution < 1.29 is 23.1 Å². The molecule has 0 aliphatic carbocycles. The van der Waals surface area contributed by atoms with Gasteiger partial charge in [0.05, 0.1) is 6.42 Å². The smallest absolute Gasteiger partial charge is 0.303 e. The van der Waals surface area contributed by atoms with Gasteiger partial charge in [0, 0.05) is 25.9 Å². The van der Waals surface area contributed by atoms with E-state index >= 15 is 0 Å². The molecule has 6 N–H and O–H groups in total. The minimum atomic E-state index is -4.17. The lowest BCUT2D eigenvalue weighted by molar-refractivity contribution is -0.128. The molecule has 1 aliphatic heterocycles. The van der Waals surface area contributed by atoms with Crippen molar-refractivity contribution in [1.29, 1.82) is 0 Å². The highest BCUT2D eigenvalue weighted by molar-refractivity contribution is 7.87. The van der Waals surface area contributed by atoms with Crippen molar-refractivity contribution in [1.82, 2.24) is 13.9 Å². The third-order valence-electron chi connectivity index (χ3n) is 3.87. The van der Waals surface area contributed by atoms with Crippen LogP contribution in [-0.4, -0.2) is 53.8 Å². The second-order valence-corrected chi connectivity index (χ2v) is 7.75. The van der Waals surface area contributed by atoms with E-state index in [1.807, 2.05) is 0 Å². The topological polar surface area (TPSA) is 159 Å². The molecule has 1 aromatic rings. The molecule has 1 heterocycles. The molecule has 11 heteroatoms. The monoisotopic (exact) mass is 383 g/mol. The summed E-state index contributed by atoms with van der Waals surface area (Å²) < 4.78 is 28.5. The normalized spacial score (nSPS) is 16.5. The first-order chi connectivity index (χ1) is 12.0. The van der Waals surface area contributed by atoms with Gasteiger partial charge in [-0.2, -0.15) is 13.1 Å². The van der Waals surface area contributed by atoms with Crippen molar-refractivity contribution in [2.75, 3.05) is 13.7 Å². The Hall–Kier alpha value is -2.79. The Morgan fingerprint density at radius 1 is 1.23 bits per heavy atom. The lowest BCUT2D eigenvalue weighted by Crippen LogP contribution is -2.62.